The lowest BCUT2D eigenvalue weighted by Gasteiger charge is -2.24. The number of aliphatic hydroxyl groups excluding tert-OH is 1. The number of likely N-dealkylation sites (tertiary alicyclic amines) is 1. The maximum atomic E-state index is 9.19. The molecule has 3 unspecified atom stereocenters. The van der Waals surface area contributed by atoms with Crippen molar-refractivity contribution >= 4 is 0 Å². The molecule has 3 atom stereocenters. The zero-order chi connectivity index (χ0) is 14.4. The van der Waals surface area contributed by atoms with E-state index in [1.807, 2.05) is 0 Å². The van der Waals surface area contributed by atoms with Crippen LogP contribution < -0.4 is 5.32 Å². The third-order valence-electron chi connectivity index (χ3n) is 4.47. The van der Waals surface area contributed by atoms with Gasteiger partial charge in [-0.1, -0.05) is 37.3 Å². The second kappa shape index (κ2) is 7.77. The van der Waals surface area contributed by atoms with Crippen molar-refractivity contribution in [2.24, 2.45) is 5.92 Å². The highest BCUT2D eigenvalue weighted by atomic mass is 16.3. The molecule has 0 spiro atoms. The van der Waals surface area contributed by atoms with Crippen LogP contribution in [-0.2, 0) is 6.42 Å². The summed E-state index contributed by atoms with van der Waals surface area (Å²) in [4.78, 5) is 2.54. The molecule has 0 amide bonds. The van der Waals surface area contributed by atoms with E-state index in [2.05, 4.69) is 54.4 Å². The number of hydrogen-bond donors (Lipinski definition) is 2. The topological polar surface area (TPSA) is 35.5 Å². The fraction of sp³-hybridized carbons (Fsp3) is 0.647. The molecule has 0 aliphatic carbocycles. The Kier molecular flexibility index (Phi) is 6.02. The van der Waals surface area contributed by atoms with Crippen LogP contribution in [0.15, 0.2) is 30.3 Å². The van der Waals surface area contributed by atoms with Crippen LogP contribution in [0.1, 0.15) is 25.8 Å². The van der Waals surface area contributed by atoms with Gasteiger partial charge in [0.05, 0.1) is 0 Å². The normalized spacial score (nSPS) is 22.9. The van der Waals surface area contributed by atoms with Crippen LogP contribution in [0.4, 0.5) is 0 Å². The number of benzene rings is 1. The summed E-state index contributed by atoms with van der Waals surface area (Å²) in [5.41, 5.74) is 1.42. The number of nitrogens with zero attached hydrogens (tertiary/aromatic N) is 1. The summed E-state index contributed by atoms with van der Waals surface area (Å²) in [7, 11) is 0. The maximum Gasteiger partial charge on any atom is 0.0471 e. The van der Waals surface area contributed by atoms with Gasteiger partial charge in [-0.25, -0.2) is 0 Å². The smallest absolute Gasteiger partial charge is 0.0471 e. The summed E-state index contributed by atoms with van der Waals surface area (Å²) in [6.07, 6.45) is 2.35. The first kappa shape index (κ1) is 15.5. The lowest BCUT2D eigenvalue weighted by molar-refractivity contribution is 0.200. The lowest BCUT2D eigenvalue weighted by atomic mass is 10.0. The highest BCUT2D eigenvalue weighted by Gasteiger charge is 2.24. The molecule has 2 N–H and O–H groups in total. The van der Waals surface area contributed by atoms with E-state index in [9.17, 15) is 5.11 Å². The van der Waals surface area contributed by atoms with E-state index in [0.717, 1.165) is 19.5 Å². The van der Waals surface area contributed by atoms with Crippen molar-refractivity contribution in [3.8, 4) is 0 Å². The monoisotopic (exact) mass is 276 g/mol. The summed E-state index contributed by atoms with van der Waals surface area (Å²) < 4.78 is 0. The van der Waals surface area contributed by atoms with Crippen molar-refractivity contribution < 1.29 is 5.11 Å². The standard InChI is InChI=1S/C17H28N2O/c1-14(13-20)15(2)18-17-9-11-19(12-17)10-8-16-6-4-3-5-7-16/h3-7,14-15,17-18,20H,8-13H2,1-2H3. The van der Waals surface area contributed by atoms with Gasteiger partial charge in [-0.15, -0.1) is 0 Å². The first-order valence-corrected chi connectivity index (χ1v) is 7.82. The van der Waals surface area contributed by atoms with Crippen LogP contribution in [0.2, 0.25) is 0 Å². The van der Waals surface area contributed by atoms with Crippen molar-refractivity contribution in [1.29, 1.82) is 0 Å². The van der Waals surface area contributed by atoms with E-state index in [-0.39, 0.29) is 6.61 Å². The summed E-state index contributed by atoms with van der Waals surface area (Å²) in [6, 6.07) is 11.7. The molecule has 1 heterocycles. The first-order chi connectivity index (χ1) is 9.69. The largest absolute Gasteiger partial charge is 0.396 e. The molecule has 1 aromatic carbocycles. The van der Waals surface area contributed by atoms with Crippen molar-refractivity contribution in [1.82, 2.24) is 10.2 Å². The Morgan fingerprint density at radius 1 is 1.30 bits per heavy atom. The molecule has 2 rings (SSSR count). The number of nitrogens with one attached hydrogen (secondary N) is 1. The maximum absolute atomic E-state index is 9.19. The third kappa shape index (κ3) is 4.58. The van der Waals surface area contributed by atoms with Gasteiger partial charge in [-0.05, 0) is 37.8 Å². The van der Waals surface area contributed by atoms with Crippen LogP contribution in [0.5, 0.6) is 0 Å². The van der Waals surface area contributed by atoms with Gasteiger partial charge in [0, 0.05) is 31.8 Å². The molecular weight excluding hydrogens is 248 g/mol. The van der Waals surface area contributed by atoms with Crippen molar-refractivity contribution in [3.63, 3.8) is 0 Å². The minimum absolute atomic E-state index is 0.263. The van der Waals surface area contributed by atoms with Crippen LogP contribution in [0.3, 0.4) is 0 Å². The first-order valence-electron chi connectivity index (χ1n) is 7.82. The molecule has 1 aromatic rings. The lowest BCUT2D eigenvalue weighted by Crippen LogP contribution is -2.42. The average Bonchev–Trinajstić information content (AvgIpc) is 2.92. The van der Waals surface area contributed by atoms with E-state index in [1.54, 1.807) is 0 Å². The minimum Gasteiger partial charge on any atom is -0.396 e. The predicted octanol–water partition coefficient (Wildman–Crippen LogP) is 1.91. The molecule has 112 valence electrons. The van der Waals surface area contributed by atoms with Crippen LogP contribution in [-0.4, -0.2) is 48.3 Å². The summed E-state index contributed by atoms with van der Waals surface area (Å²) in [5.74, 6) is 0.327. The van der Waals surface area contributed by atoms with Gasteiger partial charge in [0.25, 0.3) is 0 Å². The molecule has 20 heavy (non-hydrogen) atoms. The van der Waals surface area contributed by atoms with Crippen molar-refractivity contribution in [2.45, 2.75) is 38.8 Å². The molecular formula is C17H28N2O. The predicted molar refractivity (Wildman–Crippen MR) is 83.8 cm³/mol. The Labute approximate surface area is 123 Å². The molecule has 0 radical (unpaired) electrons. The minimum atomic E-state index is 0.263. The highest BCUT2D eigenvalue weighted by molar-refractivity contribution is 5.14. The fourth-order valence-corrected chi connectivity index (χ4v) is 2.80. The molecule has 0 saturated carbocycles. The Morgan fingerprint density at radius 3 is 2.75 bits per heavy atom. The molecule has 1 aliphatic rings. The molecule has 0 aromatic heterocycles. The number of aliphatic hydroxyl groups is 1. The SMILES string of the molecule is CC(CO)C(C)NC1CCN(CCc2ccccc2)C1. The van der Waals surface area contributed by atoms with Crippen LogP contribution >= 0.6 is 0 Å². The van der Waals surface area contributed by atoms with E-state index in [1.165, 1.54) is 18.5 Å². The Balaban J connectivity index is 1.70. The molecule has 3 heteroatoms. The third-order valence-corrected chi connectivity index (χ3v) is 4.47. The average molecular weight is 276 g/mol. The summed E-state index contributed by atoms with van der Waals surface area (Å²) in [5, 5.41) is 12.8. The summed E-state index contributed by atoms with van der Waals surface area (Å²) >= 11 is 0. The van der Waals surface area contributed by atoms with Crippen molar-refractivity contribution in [2.75, 3.05) is 26.2 Å². The second-order valence-corrected chi connectivity index (χ2v) is 6.14. The van der Waals surface area contributed by atoms with Crippen LogP contribution in [0.25, 0.3) is 0 Å². The second-order valence-electron chi connectivity index (χ2n) is 6.14. The molecule has 1 saturated heterocycles. The fourth-order valence-electron chi connectivity index (χ4n) is 2.80. The van der Waals surface area contributed by atoms with Gasteiger partial charge < -0.3 is 15.3 Å². The highest BCUT2D eigenvalue weighted by Crippen LogP contribution is 2.13. The van der Waals surface area contributed by atoms with Gasteiger partial charge >= 0.3 is 0 Å². The number of rotatable bonds is 7. The van der Waals surface area contributed by atoms with Gasteiger partial charge in [-0.2, -0.15) is 0 Å². The van der Waals surface area contributed by atoms with E-state index in [0.29, 0.717) is 18.0 Å². The zero-order valence-corrected chi connectivity index (χ0v) is 12.8. The van der Waals surface area contributed by atoms with E-state index >= 15 is 0 Å². The van der Waals surface area contributed by atoms with Gasteiger partial charge in [0.15, 0.2) is 0 Å². The quantitative estimate of drug-likeness (QED) is 0.798. The molecule has 1 aliphatic heterocycles. The molecule has 0 bridgehead atoms. The Bertz CT molecular complexity index is 382. The van der Waals surface area contributed by atoms with Gasteiger partial charge in [0.1, 0.15) is 0 Å². The van der Waals surface area contributed by atoms with Gasteiger partial charge in [-0.3, -0.25) is 0 Å². The Hall–Kier alpha value is -0.900. The van der Waals surface area contributed by atoms with Crippen molar-refractivity contribution in [3.05, 3.63) is 35.9 Å². The number of hydrogen-bond acceptors (Lipinski definition) is 3. The van der Waals surface area contributed by atoms with Gasteiger partial charge in [0.2, 0.25) is 0 Å². The summed E-state index contributed by atoms with van der Waals surface area (Å²) in [6.45, 7) is 8.00. The van der Waals surface area contributed by atoms with Crippen LogP contribution in [0, 0.1) is 5.92 Å². The Morgan fingerprint density at radius 2 is 2.05 bits per heavy atom. The molecule has 3 nitrogen and oxygen atoms in total. The molecule has 1 fully saturated rings. The zero-order valence-electron chi connectivity index (χ0n) is 12.8. The van der Waals surface area contributed by atoms with E-state index < -0.39 is 0 Å². The van der Waals surface area contributed by atoms with E-state index in [4.69, 9.17) is 0 Å².